The maximum atomic E-state index is 12.5. The summed E-state index contributed by atoms with van der Waals surface area (Å²) in [5.41, 5.74) is 1.13. The van der Waals surface area contributed by atoms with E-state index >= 15 is 0 Å². The molecule has 0 saturated heterocycles. The average Bonchev–Trinajstić information content (AvgIpc) is 3.37. The molecule has 0 unspecified atom stereocenters. The third kappa shape index (κ3) is 3.00. The molecular formula is C21H11NO4S2. The first-order chi connectivity index (χ1) is 13.7. The van der Waals surface area contributed by atoms with Gasteiger partial charge in [0.15, 0.2) is 0 Å². The number of benzene rings is 2. The van der Waals surface area contributed by atoms with E-state index in [1.54, 1.807) is 41.8 Å². The number of carbonyl (C=O) groups excluding carboxylic acids is 1. The standard InChI is InChI=1S/C21H11NO4S2/c23-20-14(19-22-15-4-1-2-5-17(15)28-19)10-12-7-8-13(11-16(12)26-20)25-21(24)18-6-3-9-27-18/h1-11H. The van der Waals surface area contributed by atoms with Crippen LogP contribution < -0.4 is 10.4 Å². The van der Waals surface area contributed by atoms with E-state index in [1.807, 2.05) is 24.3 Å². The van der Waals surface area contributed by atoms with Crippen LogP contribution in [0.25, 0.3) is 31.8 Å². The first-order valence-corrected chi connectivity index (χ1v) is 10.1. The van der Waals surface area contributed by atoms with E-state index in [4.69, 9.17) is 9.15 Å². The van der Waals surface area contributed by atoms with Crippen molar-refractivity contribution in [3.8, 4) is 16.3 Å². The highest BCUT2D eigenvalue weighted by atomic mass is 32.1. The second-order valence-corrected chi connectivity index (χ2v) is 7.98. The molecule has 0 aliphatic rings. The quantitative estimate of drug-likeness (QED) is 0.230. The number of thiophene rings is 1. The summed E-state index contributed by atoms with van der Waals surface area (Å²) < 4.78 is 11.8. The molecule has 0 bridgehead atoms. The number of hydrogen-bond donors (Lipinski definition) is 0. The van der Waals surface area contributed by atoms with Gasteiger partial charge in [0.05, 0.1) is 15.8 Å². The van der Waals surface area contributed by atoms with Crippen LogP contribution in [0.1, 0.15) is 9.67 Å². The predicted molar refractivity (Wildman–Crippen MR) is 110 cm³/mol. The van der Waals surface area contributed by atoms with Crippen LogP contribution in [0.3, 0.4) is 0 Å². The molecule has 28 heavy (non-hydrogen) atoms. The molecule has 0 atom stereocenters. The lowest BCUT2D eigenvalue weighted by Gasteiger charge is -2.04. The third-order valence-electron chi connectivity index (χ3n) is 4.16. The van der Waals surface area contributed by atoms with Crippen LogP contribution in [0.2, 0.25) is 0 Å². The van der Waals surface area contributed by atoms with Gasteiger partial charge in [-0.05, 0) is 41.8 Å². The zero-order chi connectivity index (χ0) is 19.1. The first-order valence-electron chi connectivity index (χ1n) is 8.37. The Morgan fingerprint density at radius 1 is 1.04 bits per heavy atom. The Bertz CT molecular complexity index is 1350. The number of rotatable bonds is 3. The highest BCUT2D eigenvalue weighted by Gasteiger charge is 2.14. The Kier molecular flexibility index (Phi) is 4.03. The van der Waals surface area contributed by atoms with E-state index in [-0.39, 0.29) is 0 Å². The summed E-state index contributed by atoms with van der Waals surface area (Å²) in [6.45, 7) is 0. The molecule has 2 aromatic carbocycles. The van der Waals surface area contributed by atoms with Crippen LogP contribution in [-0.4, -0.2) is 11.0 Å². The maximum Gasteiger partial charge on any atom is 0.353 e. The minimum atomic E-state index is -0.478. The van der Waals surface area contributed by atoms with Gasteiger partial charge in [0.2, 0.25) is 0 Å². The smallest absolute Gasteiger partial charge is 0.353 e. The van der Waals surface area contributed by atoms with Crippen molar-refractivity contribution < 1.29 is 13.9 Å². The van der Waals surface area contributed by atoms with Crippen molar-refractivity contribution in [3.05, 3.63) is 81.3 Å². The normalized spacial score (nSPS) is 11.1. The van der Waals surface area contributed by atoms with Gasteiger partial charge in [-0.3, -0.25) is 0 Å². The first kappa shape index (κ1) is 16.9. The van der Waals surface area contributed by atoms with Crippen molar-refractivity contribution >= 4 is 49.8 Å². The maximum absolute atomic E-state index is 12.5. The molecule has 0 radical (unpaired) electrons. The van der Waals surface area contributed by atoms with Crippen LogP contribution >= 0.6 is 22.7 Å². The fourth-order valence-electron chi connectivity index (χ4n) is 2.84. The molecule has 5 aromatic rings. The minimum absolute atomic E-state index is 0.321. The molecular weight excluding hydrogens is 394 g/mol. The van der Waals surface area contributed by atoms with E-state index in [1.165, 1.54) is 22.7 Å². The van der Waals surface area contributed by atoms with Crippen LogP contribution in [0.5, 0.6) is 5.75 Å². The number of hydrogen-bond acceptors (Lipinski definition) is 7. The van der Waals surface area contributed by atoms with Gasteiger partial charge in [-0.1, -0.05) is 18.2 Å². The highest BCUT2D eigenvalue weighted by Crippen LogP contribution is 2.30. The molecule has 0 saturated carbocycles. The van der Waals surface area contributed by atoms with E-state index in [9.17, 15) is 9.59 Å². The van der Waals surface area contributed by atoms with Crippen molar-refractivity contribution in [2.75, 3.05) is 0 Å². The molecule has 0 aliphatic heterocycles. The van der Waals surface area contributed by atoms with Gasteiger partial charge in [-0.25, -0.2) is 14.6 Å². The lowest BCUT2D eigenvalue weighted by molar-refractivity contribution is 0.0740. The largest absolute Gasteiger partial charge is 0.422 e. The van der Waals surface area contributed by atoms with Crippen LogP contribution in [0.15, 0.2) is 75.3 Å². The van der Waals surface area contributed by atoms with E-state index in [2.05, 4.69) is 4.98 Å². The van der Waals surface area contributed by atoms with Crippen LogP contribution in [0, 0.1) is 0 Å². The number of aromatic nitrogens is 1. The van der Waals surface area contributed by atoms with Gasteiger partial charge in [0.25, 0.3) is 0 Å². The summed E-state index contributed by atoms with van der Waals surface area (Å²) in [7, 11) is 0. The van der Waals surface area contributed by atoms with E-state index in [0.717, 1.165) is 15.6 Å². The van der Waals surface area contributed by atoms with Crippen molar-refractivity contribution in [2.45, 2.75) is 0 Å². The summed E-state index contributed by atoms with van der Waals surface area (Å²) in [5, 5.41) is 3.15. The van der Waals surface area contributed by atoms with Gasteiger partial charge < -0.3 is 9.15 Å². The minimum Gasteiger partial charge on any atom is -0.422 e. The molecule has 0 aliphatic carbocycles. The SMILES string of the molecule is O=C(Oc1ccc2cc(-c3nc4ccccc4s3)c(=O)oc2c1)c1cccs1. The Morgan fingerprint density at radius 2 is 1.93 bits per heavy atom. The van der Waals surface area contributed by atoms with Gasteiger partial charge in [0, 0.05) is 11.5 Å². The predicted octanol–water partition coefficient (Wildman–Crippen LogP) is 5.35. The average molecular weight is 405 g/mol. The number of fused-ring (bicyclic) bond motifs is 2. The molecule has 136 valence electrons. The highest BCUT2D eigenvalue weighted by molar-refractivity contribution is 7.21. The second kappa shape index (κ2) is 6.70. The lowest BCUT2D eigenvalue weighted by atomic mass is 10.2. The monoisotopic (exact) mass is 405 g/mol. The summed E-state index contributed by atoms with van der Waals surface area (Å²) in [4.78, 5) is 29.6. The molecule has 7 heteroatoms. The summed E-state index contributed by atoms with van der Waals surface area (Å²) in [5.74, 6) is -0.121. The van der Waals surface area contributed by atoms with Crippen molar-refractivity contribution in [1.29, 1.82) is 0 Å². The lowest BCUT2D eigenvalue weighted by Crippen LogP contribution is -2.06. The fourth-order valence-corrected chi connectivity index (χ4v) is 4.41. The van der Waals surface area contributed by atoms with Crippen LogP contribution in [-0.2, 0) is 0 Å². The van der Waals surface area contributed by atoms with E-state index in [0.29, 0.717) is 26.8 Å². The van der Waals surface area contributed by atoms with Gasteiger partial charge in [-0.15, -0.1) is 22.7 Å². The summed E-state index contributed by atoms with van der Waals surface area (Å²) >= 11 is 2.75. The number of nitrogens with zero attached hydrogens (tertiary/aromatic N) is 1. The number of carbonyl (C=O) groups is 1. The molecule has 0 spiro atoms. The Labute approximate surface area is 166 Å². The number of thiazole rings is 1. The van der Waals surface area contributed by atoms with Gasteiger partial charge in [-0.2, -0.15) is 0 Å². The van der Waals surface area contributed by atoms with Gasteiger partial charge >= 0.3 is 11.6 Å². The summed E-state index contributed by atoms with van der Waals surface area (Å²) in [6, 6.07) is 17.9. The fraction of sp³-hybridized carbons (Fsp3) is 0. The zero-order valence-electron chi connectivity index (χ0n) is 14.2. The van der Waals surface area contributed by atoms with Crippen molar-refractivity contribution in [3.63, 3.8) is 0 Å². The van der Waals surface area contributed by atoms with E-state index < -0.39 is 11.6 Å². The number of para-hydroxylation sites is 1. The molecule has 0 amide bonds. The van der Waals surface area contributed by atoms with Crippen LogP contribution in [0.4, 0.5) is 0 Å². The molecule has 3 heterocycles. The number of esters is 1. The van der Waals surface area contributed by atoms with Gasteiger partial charge in [0.1, 0.15) is 21.2 Å². The second-order valence-electron chi connectivity index (χ2n) is 6.00. The Morgan fingerprint density at radius 3 is 2.75 bits per heavy atom. The Hall–Kier alpha value is -3.29. The topological polar surface area (TPSA) is 69.4 Å². The number of ether oxygens (including phenoxy) is 1. The zero-order valence-corrected chi connectivity index (χ0v) is 15.9. The summed E-state index contributed by atoms with van der Waals surface area (Å²) in [6.07, 6.45) is 0. The third-order valence-corrected chi connectivity index (χ3v) is 6.08. The molecule has 5 rings (SSSR count). The molecule has 0 fully saturated rings. The molecule has 5 nitrogen and oxygen atoms in total. The van der Waals surface area contributed by atoms with Crippen molar-refractivity contribution in [1.82, 2.24) is 4.98 Å². The molecule has 3 aromatic heterocycles. The van der Waals surface area contributed by atoms with Crippen molar-refractivity contribution in [2.24, 2.45) is 0 Å². The molecule has 0 N–H and O–H groups in total. The Balaban J connectivity index is 1.52.